The van der Waals surface area contributed by atoms with Crippen molar-refractivity contribution >= 4 is 27.0 Å². The zero-order valence-electron chi connectivity index (χ0n) is 10.6. The molecule has 102 valence electrons. The van der Waals surface area contributed by atoms with Crippen molar-refractivity contribution < 1.29 is 8.42 Å². The first-order valence-corrected chi connectivity index (χ1v) is 8.33. The number of anilines is 1. The minimum Gasteiger partial charge on any atom is -0.388 e. The van der Waals surface area contributed by atoms with Gasteiger partial charge >= 0.3 is 0 Å². The van der Waals surface area contributed by atoms with Crippen LogP contribution in [0.15, 0.2) is 46.0 Å². The van der Waals surface area contributed by atoms with Crippen molar-refractivity contribution in [3.05, 3.63) is 46.7 Å². The molecule has 19 heavy (non-hydrogen) atoms. The SMILES string of the molecule is CNc1ccc(S(=O)(=O)NCCc2ccsc2)cc1. The molecule has 0 bridgehead atoms. The van der Waals surface area contributed by atoms with Gasteiger partial charge in [-0.25, -0.2) is 13.1 Å². The number of thiophene rings is 1. The van der Waals surface area contributed by atoms with E-state index in [1.54, 1.807) is 42.6 Å². The van der Waals surface area contributed by atoms with E-state index in [1.165, 1.54) is 0 Å². The highest BCUT2D eigenvalue weighted by molar-refractivity contribution is 7.89. The summed E-state index contributed by atoms with van der Waals surface area (Å²) in [6.45, 7) is 0.410. The summed E-state index contributed by atoms with van der Waals surface area (Å²) in [6, 6.07) is 8.68. The summed E-state index contributed by atoms with van der Waals surface area (Å²) in [5, 5.41) is 6.96. The van der Waals surface area contributed by atoms with E-state index in [4.69, 9.17) is 0 Å². The molecule has 2 rings (SSSR count). The monoisotopic (exact) mass is 296 g/mol. The summed E-state index contributed by atoms with van der Waals surface area (Å²) in [5.74, 6) is 0. The van der Waals surface area contributed by atoms with Gasteiger partial charge in [-0.05, 0) is 53.1 Å². The zero-order valence-corrected chi connectivity index (χ0v) is 12.2. The fraction of sp³-hybridized carbons (Fsp3) is 0.231. The van der Waals surface area contributed by atoms with E-state index in [0.717, 1.165) is 11.3 Å². The molecular weight excluding hydrogens is 280 g/mol. The van der Waals surface area contributed by atoms with Crippen LogP contribution in [0, 0.1) is 0 Å². The molecule has 0 unspecified atom stereocenters. The van der Waals surface area contributed by atoms with Crippen molar-refractivity contribution in [2.24, 2.45) is 0 Å². The molecule has 1 heterocycles. The fourth-order valence-corrected chi connectivity index (χ4v) is 3.38. The Morgan fingerprint density at radius 1 is 1.16 bits per heavy atom. The Hall–Kier alpha value is -1.37. The van der Waals surface area contributed by atoms with E-state index < -0.39 is 10.0 Å². The second-order valence-electron chi connectivity index (χ2n) is 4.05. The number of benzene rings is 1. The molecule has 0 radical (unpaired) electrons. The van der Waals surface area contributed by atoms with Crippen molar-refractivity contribution in [2.45, 2.75) is 11.3 Å². The normalized spacial score (nSPS) is 11.4. The number of sulfonamides is 1. The summed E-state index contributed by atoms with van der Waals surface area (Å²) < 4.78 is 26.7. The lowest BCUT2D eigenvalue weighted by molar-refractivity contribution is 0.581. The largest absolute Gasteiger partial charge is 0.388 e. The van der Waals surface area contributed by atoms with Gasteiger partial charge in [0.05, 0.1) is 4.90 Å². The second kappa shape index (κ2) is 6.18. The summed E-state index contributed by atoms with van der Waals surface area (Å²) in [5.41, 5.74) is 2.04. The molecule has 2 N–H and O–H groups in total. The first kappa shape index (κ1) is 14.0. The van der Waals surface area contributed by atoms with Crippen LogP contribution in [0.3, 0.4) is 0 Å². The van der Waals surface area contributed by atoms with Crippen LogP contribution in [0.4, 0.5) is 5.69 Å². The standard InChI is InChI=1S/C13H16N2O2S2/c1-14-12-2-4-13(5-3-12)19(16,17)15-8-6-11-7-9-18-10-11/h2-5,7,9-10,14-15H,6,8H2,1H3. The van der Waals surface area contributed by atoms with Crippen molar-refractivity contribution in [2.75, 3.05) is 18.9 Å². The van der Waals surface area contributed by atoms with Crippen LogP contribution in [0.25, 0.3) is 0 Å². The average Bonchev–Trinajstić information content (AvgIpc) is 2.92. The van der Waals surface area contributed by atoms with Gasteiger partial charge in [-0.1, -0.05) is 0 Å². The molecular formula is C13H16N2O2S2. The van der Waals surface area contributed by atoms with Gasteiger partial charge in [0, 0.05) is 19.3 Å². The number of nitrogens with one attached hydrogen (secondary N) is 2. The lowest BCUT2D eigenvalue weighted by atomic mass is 10.2. The Kier molecular flexibility index (Phi) is 4.57. The summed E-state index contributed by atoms with van der Waals surface area (Å²) in [6.07, 6.45) is 0.706. The predicted octanol–water partition coefficient (Wildman–Crippen LogP) is 2.31. The first-order chi connectivity index (χ1) is 9.12. The quantitative estimate of drug-likeness (QED) is 0.860. The molecule has 0 aliphatic rings. The second-order valence-corrected chi connectivity index (χ2v) is 6.60. The van der Waals surface area contributed by atoms with Crippen molar-refractivity contribution in [1.29, 1.82) is 0 Å². The summed E-state index contributed by atoms with van der Waals surface area (Å²) in [4.78, 5) is 0.289. The maximum absolute atomic E-state index is 12.0. The average molecular weight is 296 g/mol. The Labute approximate surface area is 117 Å². The van der Waals surface area contributed by atoms with Gasteiger partial charge in [0.25, 0.3) is 0 Å². The molecule has 0 amide bonds. The highest BCUT2D eigenvalue weighted by Crippen LogP contribution is 2.13. The topological polar surface area (TPSA) is 58.2 Å². The smallest absolute Gasteiger partial charge is 0.240 e. The number of rotatable bonds is 6. The molecule has 0 spiro atoms. The molecule has 0 atom stereocenters. The Morgan fingerprint density at radius 3 is 2.47 bits per heavy atom. The van der Waals surface area contributed by atoms with Crippen LogP contribution in [0.5, 0.6) is 0 Å². The van der Waals surface area contributed by atoms with Gasteiger partial charge in [-0.3, -0.25) is 0 Å². The molecule has 0 aliphatic heterocycles. The minimum atomic E-state index is -3.41. The van der Waals surface area contributed by atoms with Crippen molar-refractivity contribution in [1.82, 2.24) is 4.72 Å². The molecule has 2 aromatic rings. The molecule has 4 nitrogen and oxygen atoms in total. The predicted molar refractivity (Wildman–Crippen MR) is 79.2 cm³/mol. The van der Waals surface area contributed by atoms with Gasteiger partial charge in [0.2, 0.25) is 10.0 Å². The molecule has 0 aliphatic carbocycles. The third kappa shape index (κ3) is 3.79. The third-order valence-electron chi connectivity index (χ3n) is 2.74. The Morgan fingerprint density at radius 2 is 1.89 bits per heavy atom. The summed E-state index contributed by atoms with van der Waals surface area (Å²) >= 11 is 1.61. The van der Waals surface area contributed by atoms with Crippen LogP contribution in [0.2, 0.25) is 0 Å². The lowest BCUT2D eigenvalue weighted by Crippen LogP contribution is -2.25. The van der Waals surface area contributed by atoms with Crippen molar-refractivity contribution in [3.63, 3.8) is 0 Å². The molecule has 1 aromatic heterocycles. The van der Waals surface area contributed by atoms with Crippen LogP contribution in [-0.2, 0) is 16.4 Å². The first-order valence-electron chi connectivity index (χ1n) is 5.90. The van der Waals surface area contributed by atoms with E-state index in [9.17, 15) is 8.42 Å². The Bertz CT molecular complexity index is 605. The third-order valence-corrected chi connectivity index (χ3v) is 4.95. The van der Waals surface area contributed by atoms with Gasteiger partial charge < -0.3 is 5.32 Å². The number of hydrogen-bond acceptors (Lipinski definition) is 4. The van der Waals surface area contributed by atoms with E-state index >= 15 is 0 Å². The van der Waals surface area contributed by atoms with Crippen LogP contribution < -0.4 is 10.0 Å². The van der Waals surface area contributed by atoms with E-state index in [1.807, 2.05) is 16.8 Å². The zero-order chi connectivity index (χ0) is 13.7. The fourth-order valence-electron chi connectivity index (χ4n) is 1.65. The van der Waals surface area contributed by atoms with Gasteiger partial charge in [0.15, 0.2) is 0 Å². The maximum Gasteiger partial charge on any atom is 0.240 e. The van der Waals surface area contributed by atoms with Gasteiger partial charge in [-0.2, -0.15) is 11.3 Å². The molecule has 1 aromatic carbocycles. The van der Waals surface area contributed by atoms with Gasteiger partial charge in [-0.15, -0.1) is 0 Å². The van der Waals surface area contributed by atoms with Crippen LogP contribution >= 0.6 is 11.3 Å². The maximum atomic E-state index is 12.0. The van der Waals surface area contributed by atoms with E-state index in [2.05, 4.69) is 10.0 Å². The molecule has 0 saturated heterocycles. The summed E-state index contributed by atoms with van der Waals surface area (Å²) in [7, 11) is -1.62. The van der Waals surface area contributed by atoms with Crippen LogP contribution in [-0.4, -0.2) is 22.0 Å². The highest BCUT2D eigenvalue weighted by Gasteiger charge is 2.12. The minimum absolute atomic E-state index is 0.289. The van der Waals surface area contributed by atoms with E-state index in [0.29, 0.717) is 13.0 Å². The van der Waals surface area contributed by atoms with Crippen molar-refractivity contribution in [3.8, 4) is 0 Å². The van der Waals surface area contributed by atoms with Gasteiger partial charge in [0.1, 0.15) is 0 Å². The lowest BCUT2D eigenvalue weighted by Gasteiger charge is -2.07. The van der Waals surface area contributed by atoms with Crippen LogP contribution in [0.1, 0.15) is 5.56 Å². The highest BCUT2D eigenvalue weighted by atomic mass is 32.2. The van der Waals surface area contributed by atoms with E-state index in [-0.39, 0.29) is 4.90 Å². The molecule has 6 heteroatoms. The number of hydrogen-bond donors (Lipinski definition) is 2. The Balaban J connectivity index is 1.97. The molecule has 0 saturated carbocycles. The molecule has 0 fully saturated rings.